The number of aliphatic hydroxyl groups is 2. The van der Waals surface area contributed by atoms with Crippen molar-refractivity contribution < 1.29 is 19.0 Å². The van der Waals surface area contributed by atoms with E-state index in [-0.39, 0.29) is 12.1 Å². The lowest BCUT2D eigenvalue weighted by Gasteiger charge is -2.16. The third-order valence-corrected chi connectivity index (χ3v) is 1.83. The summed E-state index contributed by atoms with van der Waals surface area (Å²) in [7, 11) is 0. The number of benzene rings is 1. The monoisotopic (exact) mass is 203 g/mol. The van der Waals surface area contributed by atoms with E-state index >= 15 is 0 Å². The molecule has 0 saturated carbocycles. The average Bonchev–Trinajstić information content (AvgIpc) is 2.14. The Balaban J connectivity index is 2.94. The number of halogens is 2. The minimum absolute atomic E-state index is 0.0274. The van der Waals surface area contributed by atoms with Crippen LogP contribution in [0.5, 0.6) is 0 Å². The lowest BCUT2D eigenvalue weighted by Crippen LogP contribution is -2.27. The number of hydrogen-bond donors (Lipinski definition) is 3. The molecular weight excluding hydrogens is 192 g/mol. The van der Waals surface area contributed by atoms with Crippen LogP contribution in [0.25, 0.3) is 0 Å². The molecule has 0 saturated heterocycles. The summed E-state index contributed by atoms with van der Waals surface area (Å²) in [6.07, 6.45) is -2.60. The fourth-order valence-electron chi connectivity index (χ4n) is 1.10. The number of hydrogen-bond acceptors (Lipinski definition) is 3. The first-order valence-corrected chi connectivity index (χ1v) is 4.06. The molecule has 0 amide bonds. The Morgan fingerprint density at radius 1 is 1.14 bits per heavy atom. The third kappa shape index (κ3) is 2.47. The molecule has 0 radical (unpaired) electrons. The van der Waals surface area contributed by atoms with Gasteiger partial charge in [-0.3, -0.25) is 0 Å². The predicted octanol–water partition coefficient (Wildman–Crippen LogP) is 0.318. The maximum absolute atomic E-state index is 12.7. The van der Waals surface area contributed by atoms with Crippen LogP contribution in [0.4, 0.5) is 8.78 Å². The average molecular weight is 203 g/mol. The van der Waals surface area contributed by atoms with E-state index in [1.807, 2.05) is 0 Å². The van der Waals surface area contributed by atoms with Gasteiger partial charge in [0.2, 0.25) is 0 Å². The zero-order valence-electron chi connectivity index (χ0n) is 7.32. The smallest absolute Gasteiger partial charge is 0.126 e. The zero-order valence-corrected chi connectivity index (χ0v) is 7.32. The largest absolute Gasteiger partial charge is 0.389 e. The summed E-state index contributed by atoms with van der Waals surface area (Å²) in [6.45, 7) is -0.181. The van der Waals surface area contributed by atoms with Gasteiger partial charge >= 0.3 is 0 Å². The second kappa shape index (κ2) is 4.45. The molecule has 0 spiro atoms. The van der Waals surface area contributed by atoms with E-state index in [0.717, 1.165) is 12.1 Å². The minimum atomic E-state index is -1.37. The van der Waals surface area contributed by atoms with Gasteiger partial charge in [0.15, 0.2) is 0 Å². The van der Waals surface area contributed by atoms with E-state index in [9.17, 15) is 13.9 Å². The van der Waals surface area contributed by atoms with Crippen molar-refractivity contribution in [2.45, 2.75) is 12.2 Å². The molecule has 0 aliphatic heterocycles. The highest BCUT2D eigenvalue weighted by Crippen LogP contribution is 2.18. The molecule has 1 aromatic carbocycles. The van der Waals surface area contributed by atoms with Crippen LogP contribution in [0.1, 0.15) is 11.7 Å². The molecule has 4 N–H and O–H groups in total. The molecular formula is C9H11F2NO2. The Hall–Kier alpha value is -1.04. The summed E-state index contributed by atoms with van der Waals surface area (Å²) in [5.74, 6) is -1.61. The van der Waals surface area contributed by atoms with Crippen molar-refractivity contribution in [1.29, 1.82) is 0 Å². The molecule has 1 aromatic rings. The first-order chi connectivity index (χ1) is 6.54. The molecule has 2 unspecified atom stereocenters. The van der Waals surface area contributed by atoms with Crippen LogP contribution in [-0.2, 0) is 0 Å². The third-order valence-electron chi connectivity index (χ3n) is 1.83. The standard InChI is InChI=1S/C9H11F2NO2/c10-6-1-5(2-7(11)3-6)9(14)8(13)4-12/h1-3,8-9,13-14H,4,12H2. The fraction of sp³-hybridized carbons (Fsp3) is 0.333. The second-order valence-electron chi connectivity index (χ2n) is 2.95. The van der Waals surface area contributed by atoms with E-state index in [2.05, 4.69) is 0 Å². The minimum Gasteiger partial charge on any atom is -0.389 e. The van der Waals surface area contributed by atoms with Gasteiger partial charge in [0.25, 0.3) is 0 Å². The maximum atomic E-state index is 12.7. The summed E-state index contributed by atoms with van der Waals surface area (Å²) in [6, 6.07) is 2.59. The van der Waals surface area contributed by atoms with E-state index in [1.165, 1.54) is 0 Å². The van der Waals surface area contributed by atoms with Crippen molar-refractivity contribution in [2.24, 2.45) is 5.73 Å². The van der Waals surface area contributed by atoms with E-state index in [4.69, 9.17) is 10.8 Å². The molecule has 0 aliphatic carbocycles. The van der Waals surface area contributed by atoms with Crippen LogP contribution in [0, 0.1) is 11.6 Å². The van der Waals surface area contributed by atoms with Crippen LogP contribution < -0.4 is 5.73 Å². The molecule has 0 fully saturated rings. The van der Waals surface area contributed by atoms with Crippen LogP contribution in [0.3, 0.4) is 0 Å². The highest BCUT2D eigenvalue weighted by molar-refractivity contribution is 5.21. The van der Waals surface area contributed by atoms with Crippen molar-refractivity contribution in [3.63, 3.8) is 0 Å². The maximum Gasteiger partial charge on any atom is 0.126 e. The summed E-state index contributed by atoms with van der Waals surface area (Å²) in [4.78, 5) is 0. The quantitative estimate of drug-likeness (QED) is 0.662. The summed E-state index contributed by atoms with van der Waals surface area (Å²) in [5.41, 5.74) is 5.06. The Kier molecular flexibility index (Phi) is 3.51. The first-order valence-electron chi connectivity index (χ1n) is 4.06. The summed E-state index contributed by atoms with van der Waals surface area (Å²) >= 11 is 0. The highest BCUT2D eigenvalue weighted by Gasteiger charge is 2.18. The fourth-order valence-corrected chi connectivity index (χ4v) is 1.10. The number of aliphatic hydroxyl groups excluding tert-OH is 2. The molecule has 0 bridgehead atoms. The van der Waals surface area contributed by atoms with Gasteiger partial charge in [-0.25, -0.2) is 8.78 Å². The molecule has 0 aromatic heterocycles. The molecule has 78 valence electrons. The molecule has 0 aliphatic rings. The van der Waals surface area contributed by atoms with Gasteiger partial charge in [-0.2, -0.15) is 0 Å². The van der Waals surface area contributed by atoms with Crippen molar-refractivity contribution in [3.05, 3.63) is 35.4 Å². The van der Waals surface area contributed by atoms with E-state index < -0.39 is 23.8 Å². The normalized spacial score (nSPS) is 15.2. The van der Waals surface area contributed by atoms with Crippen molar-refractivity contribution in [1.82, 2.24) is 0 Å². The molecule has 1 rings (SSSR count). The predicted molar refractivity (Wildman–Crippen MR) is 46.4 cm³/mol. The van der Waals surface area contributed by atoms with Gasteiger partial charge in [-0.1, -0.05) is 0 Å². The molecule has 14 heavy (non-hydrogen) atoms. The zero-order chi connectivity index (χ0) is 10.7. The Labute approximate surface area is 79.8 Å². The first kappa shape index (κ1) is 11.0. The van der Waals surface area contributed by atoms with Gasteiger partial charge in [0, 0.05) is 12.6 Å². The van der Waals surface area contributed by atoms with Gasteiger partial charge in [-0.15, -0.1) is 0 Å². The van der Waals surface area contributed by atoms with Crippen LogP contribution in [0.2, 0.25) is 0 Å². The van der Waals surface area contributed by atoms with Gasteiger partial charge in [0.1, 0.15) is 17.7 Å². The van der Waals surface area contributed by atoms with E-state index in [0.29, 0.717) is 6.07 Å². The molecule has 3 nitrogen and oxygen atoms in total. The Bertz CT molecular complexity index is 299. The number of rotatable bonds is 3. The van der Waals surface area contributed by atoms with Crippen molar-refractivity contribution in [3.8, 4) is 0 Å². The SMILES string of the molecule is NCC(O)C(O)c1cc(F)cc(F)c1. The lowest BCUT2D eigenvalue weighted by molar-refractivity contribution is 0.0240. The van der Waals surface area contributed by atoms with Gasteiger partial charge < -0.3 is 15.9 Å². The summed E-state index contributed by atoms with van der Waals surface area (Å²) in [5, 5.41) is 18.5. The number of nitrogens with two attached hydrogens (primary N) is 1. The molecule has 2 atom stereocenters. The Morgan fingerprint density at radius 3 is 2.07 bits per heavy atom. The van der Waals surface area contributed by atoms with Crippen molar-refractivity contribution >= 4 is 0 Å². The molecule has 0 heterocycles. The van der Waals surface area contributed by atoms with Crippen molar-refractivity contribution in [2.75, 3.05) is 6.54 Å². The highest BCUT2D eigenvalue weighted by atomic mass is 19.1. The topological polar surface area (TPSA) is 66.5 Å². The summed E-state index contributed by atoms with van der Waals surface area (Å²) < 4.78 is 25.4. The Morgan fingerprint density at radius 2 is 1.64 bits per heavy atom. The lowest BCUT2D eigenvalue weighted by atomic mass is 10.0. The van der Waals surface area contributed by atoms with Crippen LogP contribution >= 0.6 is 0 Å². The van der Waals surface area contributed by atoms with Gasteiger partial charge in [0.05, 0.1) is 6.10 Å². The molecule has 5 heteroatoms. The second-order valence-corrected chi connectivity index (χ2v) is 2.95. The van der Waals surface area contributed by atoms with E-state index in [1.54, 1.807) is 0 Å². The van der Waals surface area contributed by atoms with Gasteiger partial charge in [-0.05, 0) is 17.7 Å². The van der Waals surface area contributed by atoms with Crippen LogP contribution in [0.15, 0.2) is 18.2 Å². The van der Waals surface area contributed by atoms with Crippen LogP contribution in [-0.4, -0.2) is 22.9 Å².